The Labute approximate surface area is 134 Å². The highest BCUT2D eigenvalue weighted by molar-refractivity contribution is 5.85. The zero-order chi connectivity index (χ0) is 13.8. The van der Waals surface area contributed by atoms with Gasteiger partial charge in [-0.1, -0.05) is 0 Å². The van der Waals surface area contributed by atoms with Gasteiger partial charge >= 0.3 is 0 Å². The summed E-state index contributed by atoms with van der Waals surface area (Å²) in [5.41, 5.74) is 1.45. The Kier molecular flexibility index (Phi) is 6.52. The van der Waals surface area contributed by atoms with Gasteiger partial charge < -0.3 is 10.2 Å². The van der Waals surface area contributed by atoms with Crippen LogP contribution in [-0.4, -0.2) is 47.4 Å². The molecule has 0 atom stereocenters. The molecule has 0 amide bonds. The second-order valence-corrected chi connectivity index (χ2v) is 6.34. The van der Waals surface area contributed by atoms with Crippen molar-refractivity contribution < 1.29 is 0 Å². The molecule has 3 rings (SSSR count). The van der Waals surface area contributed by atoms with Gasteiger partial charge in [-0.15, -0.1) is 12.4 Å². The van der Waals surface area contributed by atoms with Gasteiger partial charge in [-0.2, -0.15) is 5.10 Å². The Hall–Kier alpha value is -0.580. The van der Waals surface area contributed by atoms with Crippen LogP contribution in [0.3, 0.4) is 0 Å². The van der Waals surface area contributed by atoms with E-state index in [4.69, 9.17) is 0 Å². The lowest BCUT2D eigenvalue weighted by atomic mass is 9.91. The zero-order valence-electron chi connectivity index (χ0n) is 13.1. The van der Waals surface area contributed by atoms with Gasteiger partial charge in [0, 0.05) is 30.9 Å². The summed E-state index contributed by atoms with van der Waals surface area (Å²) < 4.78 is 2.17. The number of nitrogens with one attached hydrogen (secondary N) is 1. The van der Waals surface area contributed by atoms with Gasteiger partial charge in [-0.05, 0) is 70.8 Å². The highest BCUT2D eigenvalue weighted by Gasteiger charge is 2.25. The van der Waals surface area contributed by atoms with Crippen molar-refractivity contribution in [1.29, 1.82) is 0 Å². The van der Waals surface area contributed by atoms with Gasteiger partial charge in [0.25, 0.3) is 0 Å². The van der Waals surface area contributed by atoms with E-state index in [-0.39, 0.29) is 12.4 Å². The second-order valence-electron chi connectivity index (χ2n) is 6.34. The fourth-order valence-electron chi connectivity index (χ4n) is 3.79. The summed E-state index contributed by atoms with van der Waals surface area (Å²) in [7, 11) is 0. The topological polar surface area (TPSA) is 33.1 Å². The van der Waals surface area contributed by atoms with Crippen LogP contribution < -0.4 is 5.32 Å². The summed E-state index contributed by atoms with van der Waals surface area (Å²) >= 11 is 0. The molecule has 0 radical (unpaired) electrons. The van der Waals surface area contributed by atoms with Crippen molar-refractivity contribution >= 4 is 12.4 Å². The first-order chi connectivity index (χ1) is 9.86. The molecule has 2 saturated heterocycles. The first-order valence-electron chi connectivity index (χ1n) is 8.31. The smallest absolute Gasteiger partial charge is 0.0492 e. The summed E-state index contributed by atoms with van der Waals surface area (Å²) in [5.74, 6) is 1.65. The number of rotatable bonds is 4. The van der Waals surface area contributed by atoms with Crippen LogP contribution in [0.2, 0.25) is 0 Å². The van der Waals surface area contributed by atoms with Crippen molar-refractivity contribution in [3.63, 3.8) is 0 Å². The molecule has 120 valence electrons. The predicted molar refractivity (Wildman–Crippen MR) is 89.2 cm³/mol. The fraction of sp³-hybridized carbons (Fsp3) is 0.812. The number of hydrogen-bond acceptors (Lipinski definition) is 3. The monoisotopic (exact) mass is 312 g/mol. The van der Waals surface area contributed by atoms with Gasteiger partial charge in [-0.3, -0.25) is 4.68 Å². The third-order valence-electron chi connectivity index (χ3n) is 5.03. The fourth-order valence-corrected chi connectivity index (χ4v) is 3.79. The van der Waals surface area contributed by atoms with Crippen molar-refractivity contribution in [2.45, 2.75) is 45.1 Å². The number of likely N-dealkylation sites (tertiary alicyclic amines) is 1. The first-order valence-corrected chi connectivity index (χ1v) is 8.31. The molecule has 5 heteroatoms. The van der Waals surface area contributed by atoms with Crippen LogP contribution in [0.25, 0.3) is 0 Å². The Morgan fingerprint density at radius 1 is 1.19 bits per heavy atom. The maximum atomic E-state index is 4.42. The Morgan fingerprint density at radius 2 is 1.90 bits per heavy atom. The van der Waals surface area contributed by atoms with E-state index < -0.39 is 0 Å². The second kappa shape index (κ2) is 8.16. The first kappa shape index (κ1) is 16.8. The molecule has 0 bridgehead atoms. The largest absolute Gasteiger partial charge is 0.317 e. The highest BCUT2D eigenvalue weighted by Crippen LogP contribution is 2.28. The molecule has 21 heavy (non-hydrogen) atoms. The lowest BCUT2D eigenvalue weighted by Crippen LogP contribution is -2.40. The molecule has 3 heterocycles. The van der Waals surface area contributed by atoms with Crippen LogP contribution in [0.1, 0.15) is 44.2 Å². The van der Waals surface area contributed by atoms with E-state index in [0.717, 1.165) is 18.4 Å². The van der Waals surface area contributed by atoms with Crippen molar-refractivity contribution in [2.24, 2.45) is 5.92 Å². The molecular formula is C16H29ClN4. The Balaban J connectivity index is 0.00000161. The normalized spacial score (nSPS) is 22.1. The molecule has 0 spiro atoms. The van der Waals surface area contributed by atoms with Crippen molar-refractivity contribution in [1.82, 2.24) is 20.0 Å². The average Bonchev–Trinajstić information content (AvgIpc) is 2.98. The summed E-state index contributed by atoms with van der Waals surface area (Å²) in [6.45, 7) is 9.47. The quantitative estimate of drug-likeness (QED) is 0.927. The lowest BCUT2D eigenvalue weighted by Gasteiger charge is -2.35. The highest BCUT2D eigenvalue weighted by atomic mass is 35.5. The molecule has 1 aromatic heterocycles. The summed E-state index contributed by atoms with van der Waals surface area (Å²) in [6, 6.07) is 2.22. The minimum absolute atomic E-state index is 0. The minimum atomic E-state index is 0. The molecule has 2 aliphatic rings. The molecule has 2 fully saturated rings. The van der Waals surface area contributed by atoms with E-state index in [1.54, 1.807) is 0 Å². The van der Waals surface area contributed by atoms with E-state index in [2.05, 4.69) is 33.0 Å². The van der Waals surface area contributed by atoms with Crippen molar-refractivity contribution in [3.05, 3.63) is 18.0 Å². The number of aryl methyl sites for hydroxylation is 1. The van der Waals surface area contributed by atoms with E-state index in [0.29, 0.717) is 0 Å². The molecule has 0 aliphatic carbocycles. The van der Waals surface area contributed by atoms with E-state index in [9.17, 15) is 0 Å². The standard InChI is InChI=1S/C16H28N4.ClH/c1-2-20-16(5-10-18-20)15-6-11-19(12-7-15)13-14-3-8-17-9-4-14;/h5,10,14-15,17H,2-4,6-9,11-13H2,1H3;1H. The van der Waals surface area contributed by atoms with Crippen molar-refractivity contribution in [3.8, 4) is 0 Å². The number of aromatic nitrogens is 2. The van der Waals surface area contributed by atoms with E-state index in [1.165, 1.54) is 64.1 Å². The van der Waals surface area contributed by atoms with Gasteiger partial charge in [0.05, 0.1) is 0 Å². The maximum Gasteiger partial charge on any atom is 0.0492 e. The van der Waals surface area contributed by atoms with Crippen LogP contribution in [0.5, 0.6) is 0 Å². The van der Waals surface area contributed by atoms with E-state index >= 15 is 0 Å². The average molecular weight is 313 g/mol. The summed E-state index contributed by atoms with van der Waals surface area (Å²) in [5, 5.41) is 7.88. The third-order valence-corrected chi connectivity index (χ3v) is 5.03. The number of hydrogen-bond donors (Lipinski definition) is 1. The molecule has 2 aliphatic heterocycles. The van der Waals surface area contributed by atoms with Crippen LogP contribution in [0.4, 0.5) is 0 Å². The SMILES string of the molecule is CCn1nccc1C1CCN(CC2CCNCC2)CC1.Cl. The minimum Gasteiger partial charge on any atom is -0.317 e. The molecule has 0 aromatic carbocycles. The van der Waals surface area contributed by atoms with Gasteiger partial charge in [0.1, 0.15) is 0 Å². The predicted octanol–water partition coefficient (Wildman–Crippen LogP) is 2.50. The van der Waals surface area contributed by atoms with Crippen LogP contribution in [0, 0.1) is 5.92 Å². The van der Waals surface area contributed by atoms with Crippen LogP contribution in [-0.2, 0) is 6.54 Å². The molecule has 0 unspecified atom stereocenters. The summed E-state index contributed by atoms with van der Waals surface area (Å²) in [4.78, 5) is 2.69. The lowest BCUT2D eigenvalue weighted by molar-refractivity contribution is 0.165. The Bertz CT molecular complexity index is 406. The molecule has 1 aromatic rings. The van der Waals surface area contributed by atoms with Gasteiger partial charge in [0.15, 0.2) is 0 Å². The molecule has 4 nitrogen and oxygen atoms in total. The van der Waals surface area contributed by atoms with Gasteiger partial charge in [0.2, 0.25) is 0 Å². The maximum absolute atomic E-state index is 4.42. The third kappa shape index (κ3) is 4.21. The molecular weight excluding hydrogens is 284 g/mol. The van der Waals surface area contributed by atoms with Crippen LogP contribution >= 0.6 is 12.4 Å². The Morgan fingerprint density at radius 3 is 2.57 bits per heavy atom. The zero-order valence-corrected chi connectivity index (χ0v) is 13.9. The van der Waals surface area contributed by atoms with Crippen molar-refractivity contribution in [2.75, 3.05) is 32.7 Å². The number of nitrogens with zero attached hydrogens (tertiary/aromatic N) is 3. The number of piperidine rings is 2. The van der Waals surface area contributed by atoms with Gasteiger partial charge in [-0.25, -0.2) is 0 Å². The van der Waals surface area contributed by atoms with E-state index in [1.807, 2.05) is 6.20 Å². The molecule has 1 N–H and O–H groups in total. The summed E-state index contributed by atoms with van der Waals surface area (Å²) in [6.07, 6.45) is 7.29. The molecule has 0 saturated carbocycles. The number of halogens is 1. The van der Waals surface area contributed by atoms with Crippen LogP contribution in [0.15, 0.2) is 12.3 Å².